The van der Waals surface area contributed by atoms with E-state index >= 15 is 0 Å². The Bertz CT molecular complexity index is 415. The molecular weight excluding hydrogens is 336 g/mol. The summed E-state index contributed by atoms with van der Waals surface area (Å²) in [7, 11) is 0. The molecular formula is C12H22O12. The molecule has 12 heteroatoms. The van der Waals surface area contributed by atoms with Crippen molar-refractivity contribution >= 4 is 0 Å². The van der Waals surface area contributed by atoms with Gasteiger partial charge in [0.05, 0.1) is 13.2 Å². The second-order valence-electron chi connectivity index (χ2n) is 5.73. The molecule has 9 atom stereocenters. The van der Waals surface area contributed by atoms with E-state index in [0.717, 1.165) is 0 Å². The molecule has 0 amide bonds. The van der Waals surface area contributed by atoms with E-state index in [1.165, 1.54) is 0 Å². The molecule has 9 N–H and O–H groups in total. The van der Waals surface area contributed by atoms with Gasteiger partial charge in [0.25, 0.3) is 0 Å². The first-order valence-corrected chi connectivity index (χ1v) is 7.19. The van der Waals surface area contributed by atoms with Crippen LogP contribution in [0.4, 0.5) is 0 Å². The summed E-state index contributed by atoms with van der Waals surface area (Å²) in [5.41, 5.74) is 0. The Morgan fingerprint density at radius 1 is 0.792 bits per heavy atom. The fourth-order valence-corrected chi connectivity index (χ4v) is 2.63. The topological polar surface area (TPSA) is 210 Å². The summed E-state index contributed by atoms with van der Waals surface area (Å²) in [4.78, 5) is 0. The Kier molecular flexibility index (Phi) is 6.12. The minimum Gasteiger partial charge on any atom is -0.394 e. The van der Waals surface area contributed by atoms with Crippen LogP contribution < -0.4 is 0 Å². The van der Waals surface area contributed by atoms with Crippen LogP contribution in [0.2, 0.25) is 0 Å². The van der Waals surface area contributed by atoms with E-state index in [1.54, 1.807) is 0 Å². The van der Waals surface area contributed by atoms with Gasteiger partial charge in [0.2, 0.25) is 0 Å². The van der Waals surface area contributed by atoms with Gasteiger partial charge >= 0.3 is 5.97 Å². The Morgan fingerprint density at radius 3 is 1.92 bits per heavy atom. The maximum absolute atomic E-state index is 9.95. The van der Waals surface area contributed by atoms with Crippen molar-refractivity contribution in [3.8, 4) is 0 Å². The zero-order valence-corrected chi connectivity index (χ0v) is 12.4. The summed E-state index contributed by atoms with van der Waals surface area (Å²) in [6.45, 7) is -1.56. The van der Waals surface area contributed by atoms with Crippen molar-refractivity contribution in [2.45, 2.75) is 61.1 Å². The zero-order valence-electron chi connectivity index (χ0n) is 12.4. The lowest BCUT2D eigenvalue weighted by molar-refractivity contribution is -0.446. The first kappa shape index (κ1) is 19.8. The molecule has 2 heterocycles. The monoisotopic (exact) mass is 358 g/mol. The fraction of sp³-hybridized carbons (Fsp3) is 1.00. The van der Waals surface area contributed by atoms with Gasteiger partial charge in [-0.25, -0.2) is 0 Å². The molecule has 2 fully saturated rings. The van der Waals surface area contributed by atoms with Crippen LogP contribution >= 0.6 is 0 Å². The Morgan fingerprint density at radius 2 is 1.38 bits per heavy atom. The summed E-state index contributed by atoms with van der Waals surface area (Å²) in [5.74, 6) is -3.14. The van der Waals surface area contributed by atoms with Gasteiger partial charge in [-0.05, 0) is 0 Å². The largest absolute Gasteiger partial charge is 0.394 e. The number of ether oxygens (including phenoxy) is 3. The minimum atomic E-state index is -3.14. The van der Waals surface area contributed by atoms with Crippen LogP contribution in [0.25, 0.3) is 0 Å². The van der Waals surface area contributed by atoms with Crippen molar-refractivity contribution in [2.75, 3.05) is 13.2 Å². The molecule has 0 spiro atoms. The highest BCUT2D eigenvalue weighted by molar-refractivity contribution is 4.95. The molecule has 2 aliphatic heterocycles. The molecule has 12 nitrogen and oxygen atoms in total. The third kappa shape index (κ3) is 3.55. The van der Waals surface area contributed by atoms with E-state index in [4.69, 9.17) is 14.6 Å². The Balaban J connectivity index is 2.15. The van der Waals surface area contributed by atoms with Gasteiger partial charge in [0.1, 0.15) is 42.7 Å². The van der Waals surface area contributed by atoms with Gasteiger partial charge < -0.3 is 60.2 Å². The number of aliphatic hydroxyl groups excluding tert-OH is 7. The standard InChI is InChI=1S/C12H22O12/c13-1-3-5(15)6(16)7(17)11(22-3)23-9-4(2-14)24-12(20,21)10(19)8(9)18/h3-11,13-21H,1-2H2/t3-,4-,5-,6+,7+,8+,9-,10+,11+/m1/s1. The molecule has 0 bridgehead atoms. The molecule has 0 aromatic rings. The first-order chi connectivity index (χ1) is 11.1. The van der Waals surface area contributed by atoms with Crippen LogP contribution in [0.1, 0.15) is 0 Å². The molecule has 2 rings (SSSR count). The molecule has 0 aromatic carbocycles. The van der Waals surface area contributed by atoms with Gasteiger partial charge in [-0.15, -0.1) is 0 Å². The average Bonchev–Trinajstić information content (AvgIpc) is 2.55. The zero-order chi connectivity index (χ0) is 18.2. The first-order valence-electron chi connectivity index (χ1n) is 7.19. The van der Waals surface area contributed by atoms with Crippen molar-refractivity contribution in [3.05, 3.63) is 0 Å². The number of aliphatic hydroxyl groups is 9. The quantitative estimate of drug-likeness (QED) is 0.215. The van der Waals surface area contributed by atoms with E-state index < -0.39 is 74.3 Å². The van der Waals surface area contributed by atoms with Crippen LogP contribution in [-0.2, 0) is 14.2 Å². The molecule has 0 aromatic heterocycles. The van der Waals surface area contributed by atoms with Crippen molar-refractivity contribution in [1.29, 1.82) is 0 Å². The summed E-state index contributed by atoms with van der Waals surface area (Å²) < 4.78 is 14.9. The molecule has 24 heavy (non-hydrogen) atoms. The highest BCUT2D eigenvalue weighted by Gasteiger charge is 2.55. The lowest BCUT2D eigenvalue weighted by atomic mass is 9.96. The van der Waals surface area contributed by atoms with Crippen LogP contribution in [0.15, 0.2) is 0 Å². The predicted molar refractivity (Wildman–Crippen MR) is 69.8 cm³/mol. The second kappa shape index (κ2) is 7.41. The predicted octanol–water partition coefficient (Wildman–Crippen LogP) is -6.08. The van der Waals surface area contributed by atoms with Crippen LogP contribution in [0, 0.1) is 0 Å². The second-order valence-corrected chi connectivity index (χ2v) is 5.73. The normalized spacial score (nSPS) is 49.1. The third-order valence-electron chi connectivity index (χ3n) is 4.06. The van der Waals surface area contributed by atoms with Gasteiger partial charge in [-0.3, -0.25) is 0 Å². The summed E-state index contributed by atoms with van der Waals surface area (Å²) in [5, 5.41) is 85.9. The van der Waals surface area contributed by atoms with E-state index in [9.17, 15) is 40.9 Å². The van der Waals surface area contributed by atoms with Gasteiger partial charge in [-0.1, -0.05) is 0 Å². The third-order valence-corrected chi connectivity index (χ3v) is 4.06. The van der Waals surface area contributed by atoms with E-state index in [2.05, 4.69) is 4.74 Å². The number of hydrogen-bond donors (Lipinski definition) is 9. The highest BCUT2D eigenvalue weighted by atomic mass is 16.8. The molecule has 2 aliphatic rings. The van der Waals surface area contributed by atoms with Gasteiger partial charge in [-0.2, -0.15) is 0 Å². The van der Waals surface area contributed by atoms with E-state index in [-0.39, 0.29) is 0 Å². The van der Waals surface area contributed by atoms with Crippen molar-refractivity contribution in [3.63, 3.8) is 0 Å². The number of hydrogen-bond acceptors (Lipinski definition) is 12. The molecule has 0 aliphatic carbocycles. The average molecular weight is 358 g/mol. The lowest BCUT2D eigenvalue weighted by Crippen LogP contribution is -2.68. The summed E-state index contributed by atoms with van der Waals surface area (Å²) in [6, 6.07) is 0. The summed E-state index contributed by atoms with van der Waals surface area (Å²) in [6.07, 6.45) is -15.4. The molecule has 2 saturated heterocycles. The maximum Gasteiger partial charge on any atom is 0.308 e. The highest BCUT2D eigenvalue weighted by Crippen LogP contribution is 2.31. The van der Waals surface area contributed by atoms with Crippen molar-refractivity contribution in [1.82, 2.24) is 0 Å². The van der Waals surface area contributed by atoms with Crippen LogP contribution in [0.3, 0.4) is 0 Å². The summed E-state index contributed by atoms with van der Waals surface area (Å²) >= 11 is 0. The van der Waals surface area contributed by atoms with Gasteiger partial charge in [0, 0.05) is 0 Å². The van der Waals surface area contributed by atoms with E-state index in [0.29, 0.717) is 0 Å². The Labute approximate surface area is 135 Å². The lowest BCUT2D eigenvalue weighted by Gasteiger charge is -2.47. The molecule has 0 unspecified atom stereocenters. The molecule has 0 radical (unpaired) electrons. The smallest absolute Gasteiger partial charge is 0.308 e. The van der Waals surface area contributed by atoms with Crippen molar-refractivity contribution < 1.29 is 60.2 Å². The fourth-order valence-electron chi connectivity index (χ4n) is 2.63. The van der Waals surface area contributed by atoms with Crippen molar-refractivity contribution in [2.24, 2.45) is 0 Å². The number of rotatable bonds is 4. The SMILES string of the molecule is OC[C@H]1O[C@@H](O[C@H]2[C@H](O)[C@H](O)C(O)(O)O[C@@H]2CO)[C@@H](O)[C@@H](O)[C@@H]1O. The minimum absolute atomic E-state index is 0.711. The molecule has 0 saturated carbocycles. The Hall–Kier alpha value is -0.480. The van der Waals surface area contributed by atoms with Crippen LogP contribution in [-0.4, -0.2) is 120 Å². The molecule has 142 valence electrons. The maximum atomic E-state index is 9.95. The van der Waals surface area contributed by atoms with E-state index in [1.807, 2.05) is 0 Å². The van der Waals surface area contributed by atoms with Gasteiger partial charge in [0.15, 0.2) is 12.4 Å². The van der Waals surface area contributed by atoms with Crippen LogP contribution in [0.5, 0.6) is 0 Å².